The lowest BCUT2D eigenvalue weighted by atomic mass is 9.95. The van der Waals surface area contributed by atoms with Crippen LogP contribution in [0.25, 0.3) is 0 Å². The highest BCUT2D eigenvalue weighted by Crippen LogP contribution is 2.16. The third kappa shape index (κ3) is 3.62. The summed E-state index contributed by atoms with van der Waals surface area (Å²) >= 11 is 5.79. The Morgan fingerprint density at radius 2 is 1.88 bits per heavy atom. The van der Waals surface area contributed by atoms with E-state index < -0.39 is 0 Å². The number of carbonyl (C=O) groups excluding carboxylic acids is 1. The van der Waals surface area contributed by atoms with Gasteiger partial charge in [-0.1, -0.05) is 18.5 Å². The molecule has 0 N–H and O–H groups in total. The van der Waals surface area contributed by atoms with E-state index in [0.717, 1.165) is 18.5 Å². The van der Waals surface area contributed by atoms with Gasteiger partial charge in [0.25, 0.3) is 0 Å². The molecule has 0 amide bonds. The summed E-state index contributed by atoms with van der Waals surface area (Å²) in [6.45, 7) is 2.83. The van der Waals surface area contributed by atoms with E-state index in [4.69, 9.17) is 11.6 Å². The molecule has 2 nitrogen and oxygen atoms in total. The van der Waals surface area contributed by atoms with Crippen molar-refractivity contribution < 1.29 is 4.79 Å². The van der Waals surface area contributed by atoms with Gasteiger partial charge >= 0.3 is 0 Å². The Kier molecular flexibility index (Phi) is 4.97. The summed E-state index contributed by atoms with van der Waals surface area (Å²) < 4.78 is 0. The maximum atomic E-state index is 12.2. The van der Waals surface area contributed by atoms with Crippen LogP contribution in [0.3, 0.4) is 0 Å². The Balaban J connectivity index is 2.78. The summed E-state index contributed by atoms with van der Waals surface area (Å²) in [5.74, 6) is 0.268. The van der Waals surface area contributed by atoms with Gasteiger partial charge in [0, 0.05) is 23.0 Å². The molecule has 3 heteroatoms. The predicted octanol–water partition coefficient (Wildman–Crippen LogP) is 3.11. The van der Waals surface area contributed by atoms with Gasteiger partial charge < -0.3 is 4.90 Å². The summed E-state index contributed by atoms with van der Waals surface area (Å²) in [6.07, 6.45) is 0.861. The van der Waals surface area contributed by atoms with Crippen LogP contribution in [0.4, 0.5) is 0 Å². The number of Topliss-reactive ketones (excluding diaryl/α,β-unsaturated/α-hetero) is 1. The monoisotopic (exact) mass is 239 g/mol. The second-order valence-electron chi connectivity index (χ2n) is 4.24. The van der Waals surface area contributed by atoms with Crippen LogP contribution in [-0.2, 0) is 0 Å². The van der Waals surface area contributed by atoms with E-state index in [2.05, 4.69) is 0 Å². The van der Waals surface area contributed by atoms with Crippen molar-refractivity contribution in [3.63, 3.8) is 0 Å². The number of carbonyl (C=O) groups is 1. The fourth-order valence-corrected chi connectivity index (χ4v) is 1.81. The number of nitrogens with zero attached hydrogens (tertiary/aromatic N) is 1. The Bertz CT molecular complexity index is 345. The number of hydrogen-bond acceptors (Lipinski definition) is 2. The number of rotatable bonds is 5. The molecule has 1 aromatic rings. The highest BCUT2D eigenvalue weighted by Gasteiger charge is 2.18. The minimum absolute atomic E-state index is 0.0659. The molecule has 0 saturated carbocycles. The highest BCUT2D eigenvalue weighted by molar-refractivity contribution is 6.30. The molecule has 0 radical (unpaired) electrons. The number of hydrogen-bond donors (Lipinski definition) is 0. The fourth-order valence-electron chi connectivity index (χ4n) is 1.69. The van der Waals surface area contributed by atoms with Crippen molar-refractivity contribution in [2.45, 2.75) is 13.3 Å². The summed E-state index contributed by atoms with van der Waals surface area (Å²) in [4.78, 5) is 14.2. The average molecular weight is 240 g/mol. The molecule has 0 aliphatic rings. The smallest absolute Gasteiger partial charge is 0.167 e. The first-order valence-corrected chi connectivity index (χ1v) is 5.87. The minimum Gasteiger partial charge on any atom is -0.309 e. The Morgan fingerprint density at radius 3 is 2.31 bits per heavy atom. The molecule has 0 aliphatic carbocycles. The molecule has 0 aromatic heterocycles. The minimum atomic E-state index is 0.0659. The van der Waals surface area contributed by atoms with Crippen molar-refractivity contribution in [2.24, 2.45) is 5.92 Å². The van der Waals surface area contributed by atoms with Gasteiger partial charge in [0.05, 0.1) is 0 Å². The molecular weight excluding hydrogens is 222 g/mol. The molecule has 1 atom stereocenters. The lowest BCUT2D eigenvalue weighted by Crippen LogP contribution is -2.27. The second-order valence-corrected chi connectivity index (χ2v) is 4.67. The van der Waals surface area contributed by atoms with Gasteiger partial charge in [-0.3, -0.25) is 4.79 Å². The highest BCUT2D eigenvalue weighted by atomic mass is 35.5. The van der Waals surface area contributed by atoms with Crippen molar-refractivity contribution >= 4 is 17.4 Å². The second kappa shape index (κ2) is 6.02. The zero-order valence-corrected chi connectivity index (χ0v) is 10.8. The molecule has 1 unspecified atom stereocenters. The molecule has 0 heterocycles. The Hall–Kier alpha value is -0.860. The number of benzene rings is 1. The van der Waals surface area contributed by atoms with Crippen LogP contribution in [0.5, 0.6) is 0 Å². The summed E-state index contributed by atoms with van der Waals surface area (Å²) in [5.41, 5.74) is 0.748. The topological polar surface area (TPSA) is 20.3 Å². The molecular formula is C13H18ClNO. The van der Waals surface area contributed by atoms with E-state index >= 15 is 0 Å². The fraction of sp³-hybridized carbons (Fsp3) is 0.462. The molecule has 0 fully saturated rings. The summed E-state index contributed by atoms with van der Waals surface area (Å²) in [5, 5.41) is 0.664. The van der Waals surface area contributed by atoms with Crippen LogP contribution < -0.4 is 0 Å². The largest absolute Gasteiger partial charge is 0.309 e. The van der Waals surface area contributed by atoms with Crippen LogP contribution in [0.15, 0.2) is 24.3 Å². The van der Waals surface area contributed by atoms with Gasteiger partial charge in [-0.2, -0.15) is 0 Å². The van der Waals surface area contributed by atoms with Gasteiger partial charge in [-0.15, -0.1) is 0 Å². The van der Waals surface area contributed by atoms with Crippen molar-refractivity contribution in [3.05, 3.63) is 34.9 Å². The zero-order chi connectivity index (χ0) is 12.1. The maximum absolute atomic E-state index is 12.2. The Labute approximate surface area is 102 Å². The van der Waals surface area contributed by atoms with Crippen molar-refractivity contribution in [1.29, 1.82) is 0 Å². The number of ketones is 1. The van der Waals surface area contributed by atoms with Crippen molar-refractivity contribution in [1.82, 2.24) is 4.90 Å². The normalized spacial score (nSPS) is 12.8. The predicted molar refractivity (Wildman–Crippen MR) is 68.1 cm³/mol. The maximum Gasteiger partial charge on any atom is 0.167 e. The molecule has 0 aliphatic heterocycles. The lowest BCUT2D eigenvalue weighted by molar-refractivity contribution is 0.0894. The average Bonchev–Trinajstić information content (AvgIpc) is 2.25. The van der Waals surface area contributed by atoms with E-state index in [1.807, 2.05) is 25.9 Å². The molecule has 1 rings (SSSR count). The molecule has 0 saturated heterocycles. The SMILES string of the molecule is CCC(CN(C)C)C(=O)c1ccc(Cl)cc1. The van der Waals surface area contributed by atoms with E-state index in [-0.39, 0.29) is 11.7 Å². The van der Waals surface area contributed by atoms with Crippen molar-refractivity contribution in [2.75, 3.05) is 20.6 Å². The molecule has 0 spiro atoms. The van der Waals surface area contributed by atoms with Gasteiger partial charge in [0.15, 0.2) is 5.78 Å². The van der Waals surface area contributed by atoms with E-state index in [0.29, 0.717) is 5.02 Å². The zero-order valence-electron chi connectivity index (χ0n) is 10.0. The third-order valence-corrected chi connectivity index (χ3v) is 2.83. The van der Waals surface area contributed by atoms with E-state index in [9.17, 15) is 4.79 Å². The standard InChI is InChI=1S/C13H18ClNO/c1-4-10(9-15(2)3)13(16)11-5-7-12(14)8-6-11/h5-8,10H,4,9H2,1-3H3. The number of halogens is 1. The van der Waals surface area contributed by atoms with Crippen LogP contribution in [0.1, 0.15) is 23.7 Å². The van der Waals surface area contributed by atoms with Gasteiger partial charge in [0.2, 0.25) is 0 Å². The van der Waals surface area contributed by atoms with Gasteiger partial charge in [-0.05, 0) is 44.8 Å². The van der Waals surface area contributed by atoms with Gasteiger partial charge in [-0.25, -0.2) is 0 Å². The first-order valence-electron chi connectivity index (χ1n) is 5.49. The first kappa shape index (κ1) is 13.2. The summed E-state index contributed by atoms with van der Waals surface area (Å²) in [7, 11) is 3.97. The molecule has 1 aromatic carbocycles. The van der Waals surface area contributed by atoms with Crippen LogP contribution in [-0.4, -0.2) is 31.3 Å². The van der Waals surface area contributed by atoms with Crippen LogP contribution in [0.2, 0.25) is 5.02 Å². The molecule has 0 bridgehead atoms. The molecule has 88 valence electrons. The lowest BCUT2D eigenvalue weighted by Gasteiger charge is -2.18. The van der Waals surface area contributed by atoms with Crippen molar-refractivity contribution in [3.8, 4) is 0 Å². The van der Waals surface area contributed by atoms with Crippen LogP contribution in [0, 0.1) is 5.92 Å². The van der Waals surface area contributed by atoms with Gasteiger partial charge in [0.1, 0.15) is 0 Å². The summed E-state index contributed by atoms with van der Waals surface area (Å²) in [6, 6.07) is 7.11. The third-order valence-electron chi connectivity index (χ3n) is 2.58. The molecule has 16 heavy (non-hydrogen) atoms. The van der Waals surface area contributed by atoms with Crippen LogP contribution >= 0.6 is 11.6 Å². The van der Waals surface area contributed by atoms with E-state index in [1.54, 1.807) is 24.3 Å². The van der Waals surface area contributed by atoms with E-state index in [1.165, 1.54) is 0 Å². The first-order chi connectivity index (χ1) is 7.54. The quantitative estimate of drug-likeness (QED) is 0.736. The Morgan fingerprint density at radius 1 is 1.31 bits per heavy atom.